The number of amides is 2. The molecule has 28 heavy (non-hydrogen) atoms. The van der Waals surface area contributed by atoms with Crippen LogP contribution in [-0.4, -0.2) is 24.7 Å². The maximum atomic E-state index is 13.8. The number of rotatable bonds is 5. The fraction of sp³-hybridized carbons (Fsp3) is 0.316. The van der Waals surface area contributed by atoms with Gasteiger partial charge in [-0.05, 0) is 30.7 Å². The Hall–Kier alpha value is -2.61. The summed E-state index contributed by atoms with van der Waals surface area (Å²) in [6.45, 7) is 2.15. The number of halogens is 4. The van der Waals surface area contributed by atoms with Crippen LogP contribution in [0.15, 0.2) is 48.5 Å². The number of benzene rings is 2. The predicted octanol–water partition coefficient (Wildman–Crippen LogP) is 5.34. The number of unbranched alkanes of at least 4 members (excludes halogenated alkanes) is 1. The van der Waals surface area contributed by atoms with Gasteiger partial charge in [0.15, 0.2) is 11.5 Å². The number of ether oxygens (including phenoxy) is 2. The van der Waals surface area contributed by atoms with E-state index in [0.29, 0.717) is 12.1 Å². The summed E-state index contributed by atoms with van der Waals surface area (Å²) in [5.74, 6) is -3.71. The molecular weight excluding hydrogens is 397 g/mol. The molecule has 0 spiro atoms. The zero-order valence-electron chi connectivity index (χ0n) is 14.9. The molecule has 150 valence electrons. The summed E-state index contributed by atoms with van der Waals surface area (Å²) in [6.07, 6.45) is -3.67. The van der Waals surface area contributed by atoms with Crippen LogP contribution in [0.5, 0.6) is 11.5 Å². The van der Waals surface area contributed by atoms with E-state index in [1.54, 1.807) is 30.3 Å². The van der Waals surface area contributed by atoms with Crippen LogP contribution in [0.2, 0.25) is 5.02 Å². The molecule has 2 aromatic carbocycles. The van der Waals surface area contributed by atoms with Gasteiger partial charge in [-0.3, -0.25) is 10.2 Å². The van der Waals surface area contributed by atoms with Crippen LogP contribution >= 0.6 is 11.6 Å². The van der Waals surface area contributed by atoms with Gasteiger partial charge in [0.2, 0.25) is 0 Å². The third-order valence-electron chi connectivity index (χ3n) is 4.11. The van der Waals surface area contributed by atoms with Gasteiger partial charge in [-0.15, -0.1) is 0 Å². The number of carbonyl (C=O) groups is 1. The molecule has 0 bridgehead atoms. The van der Waals surface area contributed by atoms with Crippen molar-refractivity contribution in [2.45, 2.75) is 31.9 Å². The van der Waals surface area contributed by atoms with Gasteiger partial charge in [0, 0.05) is 23.3 Å². The Morgan fingerprint density at radius 1 is 1.14 bits per heavy atom. The van der Waals surface area contributed by atoms with Crippen molar-refractivity contribution in [3.05, 3.63) is 53.6 Å². The largest absolute Gasteiger partial charge is 0.492 e. The van der Waals surface area contributed by atoms with E-state index >= 15 is 0 Å². The highest BCUT2D eigenvalue weighted by Gasteiger charge is 2.66. The molecule has 9 heteroatoms. The molecule has 0 aliphatic carbocycles. The molecule has 0 aromatic heterocycles. The number of nitrogens with zero attached hydrogens (tertiary/aromatic N) is 1. The van der Waals surface area contributed by atoms with Crippen molar-refractivity contribution < 1.29 is 27.4 Å². The van der Waals surface area contributed by atoms with E-state index in [1.165, 1.54) is 23.1 Å². The fourth-order valence-corrected chi connectivity index (χ4v) is 2.86. The maximum absolute atomic E-state index is 13.8. The number of hydrogen-bond acceptors (Lipinski definition) is 3. The summed E-state index contributed by atoms with van der Waals surface area (Å²) in [5, 5.41) is 2.06. The van der Waals surface area contributed by atoms with Crippen molar-refractivity contribution in [2.75, 3.05) is 11.4 Å². The number of fused-ring (bicyclic) bond motifs is 1. The Kier molecular flexibility index (Phi) is 5.60. The number of urea groups is 1. The van der Waals surface area contributed by atoms with Crippen LogP contribution in [0, 0.1) is 0 Å². The van der Waals surface area contributed by atoms with E-state index in [2.05, 4.69) is 0 Å². The van der Waals surface area contributed by atoms with Gasteiger partial charge in [-0.25, -0.2) is 4.79 Å². The number of alkyl halides is 3. The second-order valence-corrected chi connectivity index (χ2v) is 6.62. The third kappa shape index (κ3) is 3.96. The van der Waals surface area contributed by atoms with Crippen molar-refractivity contribution in [1.82, 2.24) is 5.32 Å². The topological polar surface area (TPSA) is 50.8 Å². The van der Waals surface area contributed by atoms with Gasteiger partial charge in [-0.2, -0.15) is 13.2 Å². The molecule has 5 nitrogen and oxygen atoms in total. The first kappa shape index (κ1) is 20.1. The Labute approximate surface area is 165 Å². The van der Waals surface area contributed by atoms with E-state index in [0.717, 1.165) is 6.42 Å². The molecule has 2 amide bonds. The predicted molar refractivity (Wildman–Crippen MR) is 98.7 cm³/mol. The van der Waals surface area contributed by atoms with Gasteiger partial charge < -0.3 is 9.47 Å². The van der Waals surface area contributed by atoms with E-state index in [9.17, 15) is 18.0 Å². The SMILES string of the molecule is CCCCN(C(=O)N[C@@]1(C(F)(F)F)Oc2ccc(Cl)cc2O1)c1ccccc1. The molecule has 1 aliphatic heterocycles. The molecule has 2 aromatic rings. The van der Waals surface area contributed by atoms with Crippen LogP contribution in [0.3, 0.4) is 0 Å². The fourth-order valence-electron chi connectivity index (χ4n) is 2.69. The minimum atomic E-state index is -5.04. The van der Waals surface area contributed by atoms with Crippen LogP contribution in [0.1, 0.15) is 19.8 Å². The summed E-state index contributed by atoms with van der Waals surface area (Å²) in [6, 6.07) is 11.3. The minimum Gasteiger partial charge on any atom is -0.424 e. The lowest BCUT2D eigenvalue weighted by atomic mass is 10.2. The quantitative estimate of drug-likeness (QED) is 0.718. The zero-order chi connectivity index (χ0) is 20.4. The zero-order valence-corrected chi connectivity index (χ0v) is 15.7. The van der Waals surface area contributed by atoms with Crippen LogP contribution in [0.4, 0.5) is 23.7 Å². The second-order valence-electron chi connectivity index (χ2n) is 6.18. The van der Waals surface area contributed by atoms with Gasteiger partial charge in [0.05, 0.1) is 0 Å². The Bertz CT molecular complexity index is 848. The number of para-hydroxylation sites is 1. The third-order valence-corrected chi connectivity index (χ3v) is 4.34. The highest BCUT2D eigenvalue weighted by Crippen LogP contribution is 2.46. The van der Waals surface area contributed by atoms with E-state index in [-0.39, 0.29) is 23.1 Å². The first-order valence-corrected chi connectivity index (χ1v) is 9.02. The Morgan fingerprint density at radius 2 is 1.82 bits per heavy atom. The lowest BCUT2D eigenvalue weighted by Crippen LogP contribution is -2.66. The molecule has 1 heterocycles. The first-order valence-electron chi connectivity index (χ1n) is 8.65. The molecule has 1 N–H and O–H groups in total. The van der Waals surface area contributed by atoms with E-state index in [4.69, 9.17) is 21.1 Å². The molecule has 0 saturated carbocycles. The molecule has 0 radical (unpaired) electrons. The molecule has 3 rings (SSSR count). The average molecular weight is 415 g/mol. The van der Waals surface area contributed by atoms with Gasteiger partial charge in [0.25, 0.3) is 0 Å². The molecular formula is C19H18ClF3N2O3. The number of nitrogens with one attached hydrogen (secondary N) is 1. The lowest BCUT2D eigenvalue weighted by Gasteiger charge is -2.32. The van der Waals surface area contributed by atoms with Crippen molar-refractivity contribution in [3.63, 3.8) is 0 Å². The highest BCUT2D eigenvalue weighted by atomic mass is 35.5. The summed E-state index contributed by atoms with van der Waals surface area (Å²) in [5.41, 5.74) is 0.462. The Morgan fingerprint density at radius 3 is 2.46 bits per heavy atom. The molecule has 0 saturated heterocycles. The van der Waals surface area contributed by atoms with Gasteiger partial charge in [-0.1, -0.05) is 43.1 Å². The Balaban J connectivity index is 1.89. The monoisotopic (exact) mass is 414 g/mol. The standard InChI is InChI=1S/C19H18ClF3N2O3/c1-2-3-11-25(14-7-5-4-6-8-14)17(26)24-19(18(21,22)23)27-15-10-9-13(20)12-16(15)28-19/h4-10,12H,2-3,11H2,1H3,(H,24,26)/t19-/m0/s1. The summed E-state index contributed by atoms with van der Waals surface area (Å²) < 4.78 is 51.6. The average Bonchev–Trinajstić information content (AvgIpc) is 3.01. The number of carbonyl (C=O) groups excluding carboxylic acids is 1. The van der Waals surface area contributed by atoms with Crippen LogP contribution in [-0.2, 0) is 0 Å². The maximum Gasteiger partial charge on any atom is 0.492 e. The first-order chi connectivity index (χ1) is 13.3. The van der Waals surface area contributed by atoms with Crippen LogP contribution < -0.4 is 19.7 Å². The van der Waals surface area contributed by atoms with Gasteiger partial charge in [0.1, 0.15) is 0 Å². The number of hydrogen-bond donors (Lipinski definition) is 1. The number of anilines is 1. The smallest absolute Gasteiger partial charge is 0.424 e. The summed E-state index contributed by atoms with van der Waals surface area (Å²) in [7, 11) is 0. The van der Waals surface area contributed by atoms with Crippen molar-refractivity contribution in [2.24, 2.45) is 0 Å². The molecule has 1 aliphatic rings. The lowest BCUT2D eigenvalue weighted by molar-refractivity contribution is -0.317. The summed E-state index contributed by atoms with van der Waals surface area (Å²) >= 11 is 5.81. The minimum absolute atomic E-state index is 0.165. The van der Waals surface area contributed by atoms with Crippen molar-refractivity contribution in [1.29, 1.82) is 0 Å². The molecule has 1 atom stereocenters. The van der Waals surface area contributed by atoms with Crippen molar-refractivity contribution in [3.8, 4) is 11.5 Å². The second kappa shape index (κ2) is 7.79. The molecule has 0 unspecified atom stereocenters. The molecule has 0 fully saturated rings. The van der Waals surface area contributed by atoms with Crippen molar-refractivity contribution >= 4 is 23.3 Å². The van der Waals surface area contributed by atoms with Gasteiger partial charge >= 0.3 is 18.1 Å². The summed E-state index contributed by atoms with van der Waals surface area (Å²) in [4.78, 5) is 14.0. The highest BCUT2D eigenvalue weighted by molar-refractivity contribution is 6.30. The normalized spacial score (nSPS) is 18.0. The van der Waals surface area contributed by atoms with Crippen LogP contribution in [0.25, 0.3) is 0 Å². The van der Waals surface area contributed by atoms with E-state index < -0.39 is 18.1 Å². The van der Waals surface area contributed by atoms with E-state index in [1.807, 2.05) is 12.2 Å².